The van der Waals surface area contributed by atoms with Crippen molar-refractivity contribution in [2.75, 3.05) is 24.2 Å². The SMILES string of the molecule is CCc1ccc(N(CCCC(=O)N(Cc2ccc(Cl)c(Cl)c2)[C@@H](CC)C(=O)NC)S(C)(=O)=O)cc1. The Balaban J connectivity index is 2.20. The summed E-state index contributed by atoms with van der Waals surface area (Å²) in [5, 5.41) is 3.38. The van der Waals surface area contributed by atoms with E-state index in [2.05, 4.69) is 5.32 Å². The smallest absolute Gasteiger partial charge is 0.242 e. The molecule has 0 bridgehead atoms. The van der Waals surface area contributed by atoms with Crippen LogP contribution >= 0.6 is 23.2 Å². The molecule has 2 amide bonds. The Morgan fingerprint density at radius 3 is 2.14 bits per heavy atom. The van der Waals surface area contributed by atoms with Gasteiger partial charge in [0.15, 0.2) is 0 Å². The molecule has 0 spiro atoms. The molecule has 0 radical (unpaired) electrons. The summed E-state index contributed by atoms with van der Waals surface area (Å²) >= 11 is 12.2. The van der Waals surface area contributed by atoms with Gasteiger partial charge in [-0.05, 0) is 54.7 Å². The minimum absolute atomic E-state index is 0.0773. The number of carbonyl (C=O) groups excluding carboxylic acids is 2. The molecule has 10 heteroatoms. The van der Waals surface area contributed by atoms with Gasteiger partial charge in [-0.1, -0.05) is 55.2 Å². The van der Waals surface area contributed by atoms with E-state index in [1.165, 1.54) is 16.3 Å². The standard InChI is InChI=1S/C25H33Cl2N3O4S/c1-5-18-9-12-20(13-10-18)30(35(4,33)34)15-7-8-24(31)29(23(6-2)25(32)28-3)17-19-11-14-21(26)22(27)16-19/h9-14,16,23H,5-8,15,17H2,1-4H3,(H,28,32)/t23-/m0/s1. The number of anilines is 1. The number of carbonyl (C=O) groups is 2. The summed E-state index contributed by atoms with van der Waals surface area (Å²) in [5.41, 5.74) is 2.40. The topological polar surface area (TPSA) is 86.8 Å². The summed E-state index contributed by atoms with van der Waals surface area (Å²) in [4.78, 5) is 27.3. The van der Waals surface area contributed by atoms with Gasteiger partial charge >= 0.3 is 0 Å². The van der Waals surface area contributed by atoms with Gasteiger partial charge in [0.2, 0.25) is 21.8 Å². The molecule has 35 heavy (non-hydrogen) atoms. The molecule has 2 aromatic rings. The van der Waals surface area contributed by atoms with Crippen LogP contribution in [0.5, 0.6) is 0 Å². The van der Waals surface area contributed by atoms with Gasteiger partial charge in [-0.3, -0.25) is 13.9 Å². The number of hydrogen-bond acceptors (Lipinski definition) is 4. The van der Waals surface area contributed by atoms with Crippen molar-refractivity contribution in [1.29, 1.82) is 0 Å². The number of aryl methyl sites for hydroxylation is 1. The van der Waals surface area contributed by atoms with Crippen molar-refractivity contribution >= 4 is 50.7 Å². The van der Waals surface area contributed by atoms with Crippen molar-refractivity contribution in [2.45, 2.75) is 52.1 Å². The van der Waals surface area contributed by atoms with Crippen LogP contribution in [0.4, 0.5) is 5.69 Å². The van der Waals surface area contributed by atoms with E-state index in [0.29, 0.717) is 28.6 Å². The summed E-state index contributed by atoms with van der Waals surface area (Å²) in [6.45, 7) is 4.19. The fraction of sp³-hybridized carbons (Fsp3) is 0.440. The molecular formula is C25H33Cl2N3O4S. The van der Waals surface area contributed by atoms with E-state index in [-0.39, 0.29) is 31.3 Å². The number of halogens is 2. The quantitative estimate of drug-likeness (QED) is 0.423. The monoisotopic (exact) mass is 541 g/mol. The van der Waals surface area contributed by atoms with E-state index in [4.69, 9.17) is 23.2 Å². The highest BCUT2D eigenvalue weighted by atomic mass is 35.5. The number of nitrogens with zero attached hydrogens (tertiary/aromatic N) is 2. The first-order valence-electron chi connectivity index (χ1n) is 11.5. The van der Waals surface area contributed by atoms with Crippen LogP contribution in [0.2, 0.25) is 10.0 Å². The maximum Gasteiger partial charge on any atom is 0.242 e. The summed E-state index contributed by atoms with van der Waals surface area (Å²) in [6, 6.07) is 11.8. The fourth-order valence-electron chi connectivity index (χ4n) is 3.82. The second kappa shape index (κ2) is 13.1. The molecule has 0 aliphatic rings. The van der Waals surface area contributed by atoms with Gasteiger partial charge in [0.05, 0.1) is 22.0 Å². The van der Waals surface area contributed by atoms with Gasteiger partial charge in [0, 0.05) is 26.6 Å². The van der Waals surface area contributed by atoms with Crippen molar-refractivity contribution in [3.05, 3.63) is 63.6 Å². The van der Waals surface area contributed by atoms with Gasteiger partial charge in [0.1, 0.15) is 6.04 Å². The maximum atomic E-state index is 13.3. The third-order valence-electron chi connectivity index (χ3n) is 5.75. The van der Waals surface area contributed by atoms with Crippen molar-refractivity contribution in [3.8, 4) is 0 Å². The molecule has 2 rings (SSSR count). The minimum atomic E-state index is -3.53. The first-order valence-corrected chi connectivity index (χ1v) is 14.1. The molecule has 0 fully saturated rings. The van der Waals surface area contributed by atoms with Crippen LogP contribution in [-0.4, -0.2) is 51.0 Å². The Morgan fingerprint density at radius 1 is 1.00 bits per heavy atom. The van der Waals surface area contributed by atoms with E-state index >= 15 is 0 Å². The number of nitrogens with one attached hydrogen (secondary N) is 1. The van der Waals surface area contributed by atoms with Gasteiger partial charge in [-0.15, -0.1) is 0 Å². The number of sulfonamides is 1. The lowest BCUT2D eigenvalue weighted by Crippen LogP contribution is -2.48. The Bertz CT molecular complexity index is 1120. The van der Waals surface area contributed by atoms with E-state index < -0.39 is 16.1 Å². The predicted molar refractivity (Wildman–Crippen MR) is 142 cm³/mol. The van der Waals surface area contributed by atoms with Gasteiger partial charge in [-0.2, -0.15) is 0 Å². The Labute approximate surface area is 218 Å². The number of amides is 2. The predicted octanol–water partition coefficient (Wildman–Crippen LogP) is 4.66. The zero-order valence-electron chi connectivity index (χ0n) is 20.6. The average molecular weight is 543 g/mol. The Morgan fingerprint density at radius 2 is 1.63 bits per heavy atom. The van der Waals surface area contributed by atoms with Gasteiger partial charge in [-0.25, -0.2) is 8.42 Å². The molecule has 2 aromatic carbocycles. The highest BCUT2D eigenvalue weighted by molar-refractivity contribution is 7.92. The lowest BCUT2D eigenvalue weighted by molar-refractivity contribution is -0.141. The molecular weight excluding hydrogens is 509 g/mol. The summed E-state index contributed by atoms with van der Waals surface area (Å²) < 4.78 is 26.2. The van der Waals surface area contributed by atoms with E-state index in [1.807, 2.05) is 26.0 Å². The summed E-state index contributed by atoms with van der Waals surface area (Å²) in [7, 11) is -2.01. The van der Waals surface area contributed by atoms with Gasteiger partial charge < -0.3 is 10.2 Å². The molecule has 1 N–H and O–H groups in total. The maximum absolute atomic E-state index is 13.3. The first kappa shape index (κ1) is 28.9. The van der Waals surface area contributed by atoms with E-state index in [9.17, 15) is 18.0 Å². The van der Waals surface area contributed by atoms with Crippen LogP contribution in [0.15, 0.2) is 42.5 Å². The van der Waals surface area contributed by atoms with Crippen LogP contribution < -0.4 is 9.62 Å². The molecule has 0 unspecified atom stereocenters. The normalized spacial score (nSPS) is 12.2. The number of likely N-dealkylation sites (N-methyl/N-ethyl adjacent to an activating group) is 1. The van der Waals surface area contributed by atoms with E-state index in [0.717, 1.165) is 23.8 Å². The molecule has 1 atom stereocenters. The largest absolute Gasteiger partial charge is 0.357 e. The average Bonchev–Trinajstić information content (AvgIpc) is 2.82. The lowest BCUT2D eigenvalue weighted by Gasteiger charge is -2.31. The molecule has 0 saturated heterocycles. The number of benzene rings is 2. The second-order valence-corrected chi connectivity index (χ2v) is 11.0. The fourth-order valence-corrected chi connectivity index (χ4v) is 5.11. The summed E-state index contributed by atoms with van der Waals surface area (Å²) in [5.74, 6) is -0.518. The lowest BCUT2D eigenvalue weighted by atomic mass is 10.1. The molecule has 192 valence electrons. The number of hydrogen-bond donors (Lipinski definition) is 1. The third kappa shape index (κ3) is 8.12. The molecule has 0 saturated carbocycles. The highest BCUT2D eigenvalue weighted by Crippen LogP contribution is 2.25. The van der Waals surface area contributed by atoms with Crippen molar-refractivity contribution in [1.82, 2.24) is 10.2 Å². The Hall–Kier alpha value is -2.29. The molecule has 0 aliphatic heterocycles. The second-order valence-electron chi connectivity index (χ2n) is 8.27. The van der Waals surface area contributed by atoms with Crippen LogP contribution in [0, 0.1) is 0 Å². The van der Waals surface area contributed by atoms with Crippen LogP contribution in [0.1, 0.15) is 44.2 Å². The third-order valence-corrected chi connectivity index (χ3v) is 7.69. The molecule has 7 nitrogen and oxygen atoms in total. The number of rotatable bonds is 12. The van der Waals surface area contributed by atoms with Crippen molar-refractivity contribution in [3.63, 3.8) is 0 Å². The zero-order valence-corrected chi connectivity index (χ0v) is 22.9. The van der Waals surface area contributed by atoms with Crippen LogP contribution in [0.3, 0.4) is 0 Å². The minimum Gasteiger partial charge on any atom is -0.357 e. The van der Waals surface area contributed by atoms with Crippen molar-refractivity contribution < 1.29 is 18.0 Å². The van der Waals surface area contributed by atoms with Crippen LogP contribution in [-0.2, 0) is 32.6 Å². The molecule has 0 heterocycles. The zero-order chi connectivity index (χ0) is 26.2. The van der Waals surface area contributed by atoms with E-state index in [1.54, 1.807) is 30.3 Å². The molecule has 0 aromatic heterocycles. The highest BCUT2D eigenvalue weighted by Gasteiger charge is 2.28. The Kier molecular flexibility index (Phi) is 10.9. The first-order chi connectivity index (χ1) is 16.5. The van der Waals surface area contributed by atoms with Gasteiger partial charge in [0.25, 0.3) is 0 Å². The van der Waals surface area contributed by atoms with Crippen LogP contribution in [0.25, 0.3) is 0 Å². The summed E-state index contributed by atoms with van der Waals surface area (Å²) in [6.07, 6.45) is 2.80. The van der Waals surface area contributed by atoms with Crippen molar-refractivity contribution in [2.24, 2.45) is 0 Å². The molecule has 0 aliphatic carbocycles.